The molecule has 0 amide bonds. The largest absolute Gasteiger partial charge is 0.396 e. The van der Waals surface area contributed by atoms with Crippen LogP contribution in [-0.2, 0) is 11.3 Å². The van der Waals surface area contributed by atoms with E-state index in [0.29, 0.717) is 29.2 Å². The summed E-state index contributed by atoms with van der Waals surface area (Å²) in [6.07, 6.45) is 4.41. The van der Waals surface area contributed by atoms with E-state index in [1.165, 1.54) is 0 Å². The van der Waals surface area contributed by atoms with Gasteiger partial charge >= 0.3 is 0 Å². The van der Waals surface area contributed by atoms with Crippen LogP contribution in [0.4, 0.5) is 0 Å². The van der Waals surface area contributed by atoms with Crippen LogP contribution < -0.4 is 0 Å². The molecule has 1 N–H and O–H groups in total. The first kappa shape index (κ1) is 14.1. The second kappa shape index (κ2) is 6.76. The molecule has 0 spiro atoms. The molecule has 0 radical (unpaired) electrons. The fourth-order valence-electron chi connectivity index (χ4n) is 2.35. The molecular formula is C14H18Cl2O2. The van der Waals surface area contributed by atoms with Crippen molar-refractivity contribution in [3.63, 3.8) is 0 Å². The van der Waals surface area contributed by atoms with Crippen LogP contribution in [0.1, 0.15) is 31.2 Å². The molecule has 0 aliphatic heterocycles. The lowest BCUT2D eigenvalue weighted by Crippen LogP contribution is -2.23. The van der Waals surface area contributed by atoms with Gasteiger partial charge in [-0.1, -0.05) is 35.3 Å². The van der Waals surface area contributed by atoms with Gasteiger partial charge in [-0.15, -0.1) is 0 Å². The van der Waals surface area contributed by atoms with Crippen molar-refractivity contribution in [3.8, 4) is 0 Å². The lowest BCUT2D eigenvalue weighted by Gasteiger charge is -2.27. The normalized spacial score (nSPS) is 24.2. The molecule has 1 aliphatic rings. The van der Waals surface area contributed by atoms with Crippen LogP contribution in [0.3, 0.4) is 0 Å². The first-order valence-electron chi connectivity index (χ1n) is 6.36. The van der Waals surface area contributed by atoms with Gasteiger partial charge in [0.2, 0.25) is 0 Å². The van der Waals surface area contributed by atoms with Crippen molar-refractivity contribution < 1.29 is 9.84 Å². The quantitative estimate of drug-likeness (QED) is 0.905. The number of hydrogen-bond donors (Lipinski definition) is 1. The van der Waals surface area contributed by atoms with Crippen LogP contribution >= 0.6 is 23.2 Å². The standard InChI is InChI=1S/C14H18Cl2O2/c15-13-3-1-2-11(14(13)16)9-18-12-6-4-10(8-17)5-7-12/h1-3,10,12,17H,4-9H2. The first-order chi connectivity index (χ1) is 8.70. The van der Waals surface area contributed by atoms with E-state index in [1.807, 2.05) is 12.1 Å². The lowest BCUT2D eigenvalue weighted by molar-refractivity contribution is 0.00124. The molecule has 1 saturated carbocycles. The van der Waals surface area contributed by atoms with Crippen LogP contribution in [0.15, 0.2) is 18.2 Å². The third kappa shape index (κ3) is 3.61. The number of hydrogen-bond acceptors (Lipinski definition) is 2. The average Bonchev–Trinajstić information content (AvgIpc) is 2.41. The average molecular weight is 289 g/mol. The van der Waals surface area contributed by atoms with Crippen molar-refractivity contribution in [2.24, 2.45) is 5.92 Å². The highest BCUT2D eigenvalue weighted by molar-refractivity contribution is 6.42. The third-order valence-electron chi connectivity index (χ3n) is 3.56. The summed E-state index contributed by atoms with van der Waals surface area (Å²) < 4.78 is 5.87. The minimum Gasteiger partial charge on any atom is -0.396 e. The summed E-state index contributed by atoms with van der Waals surface area (Å²) in [5, 5.41) is 10.2. The lowest BCUT2D eigenvalue weighted by atomic mass is 9.88. The molecule has 0 bridgehead atoms. The van der Waals surface area contributed by atoms with Crippen LogP contribution in [0.5, 0.6) is 0 Å². The molecule has 2 rings (SSSR count). The maximum absolute atomic E-state index is 9.08. The van der Waals surface area contributed by atoms with Gasteiger partial charge in [0.15, 0.2) is 0 Å². The fourth-order valence-corrected chi connectivity index (χ4v) is 2.72. The summed E-state index contributed by atoms with van der Waals surface area (Å²) in [4.78, 5) is 0. The van der Waals surface area contributed by atoms with E-state index in [-0.39, 0.29) is 6.10 Å². The van der Waals surface area contributed by atoms with Gasteiger partial charge in [0, 0.05) is 6.61 Å². The number of aliphatic hydroxyl groups excluding tert-OH is 1. The van der Waals surface area contributed by atoms with E-state index in [0.717, 1.165) is 31.2 Å². The Morgan fingerprint density at radius 3 is 2.56 bits per heavy atom. The van der Waals surface area contributed by atoms with Gasteiger partial charge in [-0.3, -0.25) is 0 Å². The van der Waals surface area contributed by atoms with Crippen molar-refractivity contribution >= 4 is 23.2 Å². The first-order valence-corrected chi connectivity index (χ1v) is 7.11. The molecule has 1 fully saturated rings. The molecule has 2 nitrogen and oxygen atoms in total. The van der Waals surface area contributed by atoms with Gasteiger partial charge in [-0.2, -0.15) is 0 Å². The van der Waals surface area contributed by atoms with Gasteiger partial charge in [0.1, 0.15) is 0 Å². The Morgan fingerprint density at radius 2 is 1.89 bits per heavy atom. The fraction of sp³-hybridized carbons (Fsp3) is 0.571. The SMILES string of the molecule is OCC1CCC(OCc2cccc(Cl)c2Cl)CC1. The second-order valence-corrected chi connectivity index (χ2v) is 5.63. The van der Waals surface area contributed by atoms with E-state index in [4.69, 9.17) is 33.0 Å². The predicted molar refractivity (Wildman–Crippen MR) is 74.1 cm³/mol. The van der Waals surface area contributed by atoms with Gasteiger partial charge in [0.25, 0.3) is 0 Å². The van der Waals surface area contributed by atoms with E-state index in [9.17, 15) is 0 Å². The summed E-state index contributed by atoms with van der Waals surface area (Å²) in [6.45, 7) is 0.806. The molecule has 1 aromatic carbocycles. The van der Waals surface area contributed by atoms with Gasteiger partial charge in [-0.05, 0) is 43.2 Å². The minimum absolute atomic E-state index is 0.280. The number of halogens is 2. The van der Waals surface area contributed by atoms with E-state index < -0.39 is 0 Å². The topological polar surface area (TPSA) is 29.5 Å². The Hall–Kier alpha value is -0.280. The molecular weight excluding hydrogens is 271 g/mol. The number of aliphatic hydroxyl groups is 1. The predicted octanol–water partition coefficient (Wildman–Crippen LogP) is 4.06. The van der Waals surface area contributed by atoms with Crippen molar-refractivity contribution in [3.05, 3.63) is 33.8 Å². The Bertz CT molecular complexity index is 387. The Labute approximate surface area is 118 Å². The molecule has 0 heterocycles. The summed E-state index contributed by atoms with van der Waals surface area (Å²) in [6, 6.07) is 5.60. The monoisotopic (exact) mass is 288 g/mol. The van der Waals surface area contributed by atoms with Crippen molar-refractivity contribution in [1.29, 1.82) is 0 Å². The summed E-state index contributed by atoms with van der Waals surface area (Å²) in [5.74, 6) is 0.458. The molecule has 0 atom stereocenters. The molecule has 0 saturated heterocycles. The van der Waals surface area contributed by atoms with Crippen LogP contribution in [0.25, 0.3) is 0 Å². The number of rotatable bonds is 4. The van der Waals surface area contributed by atoms with Gasteiger partial charge < -0.3 is 9.84 Å². The highest BCUT2D eigenvalue weighted by atomic mass is 35.5. The zero-order chi connectivity index (χ0) is 13.0. The summed E-state index contributed by atoms with van der Waals surface area (Å²) in [5.41, 5.74) is 0.938. The van der Waals surface area contributed by atoms with Crippen LogP contribution in [0, 0.1) is 5.92 Å². The minimum atomic E-state index is 0.280. The Morgan fingerprint density at radius 1 is 1.17 bits per heavy atom. The smallest absolute Gasteiger partial charge is 0.0735 e. The number of benzene rings is 1. The van der Waals surface area contributed by atoms with Crippen molar-refractivity contribution in [2.75, 3.05) is 6.61 Å². The Kier molecular flexibility index (Phi) is 5.31. The maximum Gasteiger partial charge on any atom is 0.0735 e. The summed E-state index contributed by atoms with van der Waals surface area (Å²) >= 11 is 12.1. The van der Waals surface area contributed by atoms with Gasteiger partial charge in [-0.25, -0.2) is 0 Å². The molecule has 0 unspecified atom stereocenters. The zero-order valence-electron chi connectivity index (χ0n) is 10.2. The molecule has 0 aromatic heterocycles. The van der Waals surface area contributed by atoms with Crippen molar-refractivity contribution in [1.82, 2.24) is 0 Å². The molecule has 1 aliphatic carbocycles. The van der Waals surface area contributed by atoms with E-state index >= 15 is 0 Å². The van der Waals surface area contributed by atoms with E-state index in [1.54, 1.807) is 6.07 Å². The molecule has 1 aromatic rings. The highest BCUT2D eigenvalue weighted by Crippen LogP contribution is 2.29. The zero-order valence-corrected chi connectivity index (χ0v) is 11.8. The molecule has 100 valence electrons. The maximum atomic E-state index is 9.08. The molecule has 4 heteroatoms. The van der Waals surface area contributed by atoms with Crippen LogP contribution in [0.2, 0.25) is 10.0 Å². The van der Waals surface area contributed by atoms with Crippen molar-refractivity contribution in [2.45, 2.75) is 38.4 Å². The van der Waals surface area contributed by atoms with E-state index in [2.05, 4.69) is 0 Å². The van der Waals surface area contributed by atoms with Crippen LogP contribution in [-0.4, -0.2) is 17.8 Å². The van der Waals surface area contributed by atoms with Gasteiger partial charge in [0.05, 0.1) is 22.8 Å². The Balaban J connectivity index is 1.83. The third-order valence-corrected chi connectivity index (χ3v) is 4.42. The highest BCUT2D eigenvalue weighted by Gasteiger charge is 2.21. The molecule has 18 heavy (non-hydrogen) atoms. The second-order valence-electron chi connectivity index (χ2n) is 4.85. The summed E-state index contributed by atoms with van der Waals surface area (Å²) in [7, 11) is 0. The number of ether oxygens (including phenoxy) is 1.